The Morgan fingerprint density at radius 2 is 1.84 bits per heavy atom. The number of nitro groups is 1. The van der Waals surface area contributed by atoms with Crippen LogP contribution in [0.25, 0.3) is 0 Å². The van der Waals surface area contributed by atoms with Gasteiger partial charge in [0.15, 0.2) is 0 Å². The molecule has 1 aliphatic rings. The van der Waals surface area contributed by atoms with Gasteiger partial charge in [0.2, 0.25) is 11.8 Å². The number of hydrogen-bond acceptors (Lipinski definition) is 5. The number of aromatic carboxylic acids is 1. The van der Waals surface area contributed by atoms with Gasteiger partial charge in [-0.2, -0.15) is 0 Å². The summed E-state index contributed by atoms with van der Waals surface area (Å²) in [5.74, 6) is -1.46. The van der Waals surface area contributed by atoms with Crippen molar-refractivity contribution in [1.29, 1.82) is 0 Å². The number of hydrogen-bond donors (Lipinski definition) is 2. The number of carboxylic acid groups (broad SMARTS) is 1. The number of amides is 2. The SMILES string of the molecule is O=C(O)c1cccc([N+](=O)[O-])c1.O=C1CCC(=O)N1. The fraction of sp³-hybridized carbons (Fsp3) is 0.182. The molecule has 19 heavy (non-hydrogen) atoms. The van der Waals surface area contributed by atoms with E-state index >= 15 is 0 Å². The number of benzene rings is 1. The van der Waals surface area contributed by atoms with Crippen LogP contribution in [0.1, 0.15) is 23.2 Å². The normalized spacial score (nSPS) is 13.3. The van der Waals surface area contributed by atoms with Gasteiger partial charge in [0.05, 0.1) is 10.5 Å². The first-order valence-electron chi connectivity index (χ1n) is 5.20. The molecule has 0 radical (unpaired) electrons. The van der Waals surface area contributed by atoms with Gasteiger partial charge in [-0.05, 0) is 6.07 Å². The number of nitrogens with zero attached hydrogens (tertiary/aromatic N) is 1. The zero-order chi connectivity index (χ0) is 14.4. The summed E-state index contributed by atoms with van der Waals surface area (Å²) in [5, 5.41) is 20.8. The quantitative estimate of drug-likeness (QED) is 0.461. The molecule has 8 heteroatoms. The van der Waals surface area contributed by atoms with Crippen molar-refractivity contribution in [1.82, 2.24) is 5.32 Å². The third kappa shape index (κ3) is 4.54. The lowest BCUT2D eigenvalue weighted by atomic mass is 10.2. The van der Waals surface area contributed by atoms with Gasteiger partial charge < -0.3 is 5.11 Å². The van der Waals surface area contributed by atoms with Crippen LogP contribution < -0.4 is 5.32 Å². The second kappa shape index (κ2) is 6.24. The largest absolute Gasteiger partial charge is 0.478 e. The van der Waals surface area contributed by atoms with Gasteiger partial charge in [-0.25, -0.2) is 4.79 Å². The number of carbonyl (C=O) groups excluding carboxylic acids is 2. The fourth-order valence-electron chi connectivity index (χ4n) is 1.26. The van der Waals surface area contributed by atoms with E-state index in [1.807, 2.05) is 0 Å². The maximum Gasteiger partial charge on any atom is 0.335 e. The maximum absolute atomic E-state index is 10.4. The molecule has 2 N–H and O–H groups in total. The molecule has 1 heterocycles. The number of carboxylic acids is 1. The lowest BCUT2D eigenvalue weighted by molar-refractivity contribution is -0.384. The van der Waals surface area contributed by atoms with Crippen LogP contribution in [0.2, 0.25) is 0 Å². The van der Waals surface area contributed by atoms with Crippen LogP contribution in [0.5, 0.6) is 0 Å². The van der Waals surface area contributed by atoms with Crippen LogP contribution in [-0.4, -0.2) is 27.8 Å². The molecule has 1 aromatic rings. The van der Waals surface area contributed by atoms with E-state index < -0.39 is 10.9 Å². The molecule has 8 nitrogen and oxygen atoms in total. The van der Waals surface area contributed by atoms with Gasteiger partial charge in [0.1, 0.15) is 0 Å². The predicted octanol–water partition coefficient (Wildman–Crippen LogP) is 0.716. The molecule has 1 fully saturated rings. The van der Waals surface area contributed by atoms with Crippen molar-refractivity contribution in [3.8, 4) is 0 Å². The highest BCUT2D eigenvalue weighted by Gasteiger charge is 2.15. The minimum absolute atomic E-state index is 0.0794. The summed E-state index contributed by atoms with van der Waals surface area (Å²) in [6, 6.07) is 4.89. The molecule has 0 aliphatic carbocycles. The van der Waals surface area contributed by atoms with Gasteiger partial charge in [0, 0.05) is 25.0 Å². The number of nitrogens with one attached hydrogen (secondary N) is 1. The van der Waals surface area contributed by atoms with Crippen molar-refractivity contribution in [2.24, 2.45) is 0 Å². The van der Waals surface area contributed by atoms with E-state index in [0.717, 1.165) is 6.07 Å². The molecular formula is C11H10N2O6. The first-order chi connectivity index (χ1) is 8.90. The summed E-state index contributed by atoms with van der Waals surface area (Å²) in [5.41, 5.74) is -0.292. The molecule has 0 spiro atoms. The summed E-state index contributed by atoms with van der Waals surface area (Å²) in [4.78, 5) is 40.2. The third-order valence-electron chi connectivity index (χ3n) is 2.16. The molecular weight excluding hydrogens is 256 g/mol. The zero-order valence-electron chi connectivity index (χ0n) is 9.66. The summed E-state index contributed by atoms with van der Waals surface area (Å²) in [6.45, 7) is 0. The standard InChI is InChI=1S/C7H5NO4.C4H5NO2/c9-7(10)5-2-1-3-6(4-5)8(11)12;6-3-1-2-4(7)5-3/h1-4H,(H,9,10);1-2H2,(H,5,6,7). The van der Waals surface area contributed by atoms with E-state index in [4.69, 9.17) is 5.11 Å². The Bertz CT molecular complexity index is 496. The number of carbonyl (C=O) groups is 3. The summed E-state index contributed by atoms with van der Waals surface area (Å²) in [6.07, 6.45) is 0.748. The minimum atomic E-state index is -1.17. The second-order valence-electron chi connectivity index (χ2n) is 3.58. The van der Waals surface area contributed by atoms with Crippen molar-refractivity contribution in [2.75, 3.05) is 0 Å². The highest BCUT2D eigenvalue weighted by Crippen LogP contribution is 2.12. The average Bonchev–Trinajstić information content (AvgIpc) is 2.74. The first-order valence-corrected chi connectivity index (χ1v) is 5.20. The highest BCUT2D eigenvalue weighted by molar-refractivity contribution is 6.01. The predicted molar refractivity (Wildman–Crippen MR) is 62.4 cm³/mol. The Labute approximate surface area is 107 Å². The number of imide groups is 1. The highest BCUT2D eigenvalue weighted by atomic mass is 16.6. The van der Waals surface area contributed by atoms with E-state index in [9.17, 15) is 24.5 Å². The van der Waals surface area contributed by atoms with Crippen molar-refractivity contribution in [3.63, 3.8) is 0 Å². The summed E-state index contributed by atoms with van der Waals surface area (Å²) < 4.78 is 0. The minimum Gasteiger partial charge on any atom is -0.478 e. The van der Waals surface area contributed by atoms with Gasteiger partial charge in [-0.15, -0.1) is 0 Å². The van der Waals surface area contributed by atoms with Crippen molar-refractivity contribution < 1.29 is 24.4 Å². The third-order valence-corrected chi connectivity index (χ3v) is 2.16. The van der Waals surface area contributed by atoms with Crippen LogP contribution >= 0.6 is 0 Å². The van der Waals surface area contributed by atoms with Crippen LogP contribution in [0.15, 0.2) is 24.3 Å². The Morgan fingerprint density at radius 1 is 1.26 bits per heavy atom. The molecule has 0 saturated carbocycles. The van der Waals surface area contributed by atoms with E-state index in [1.54, 1.807) is 0 Å². The molecule has 2 rings (SSSR count). The van der Waals surface area contributed by atoms with E-state index in [1.165, 1.54) is 18.2 Å². The lowest BCUT2D eigenvalue weighted by Crippen LogP contribution is -2.18. The van der Waals surface area contributed by atoms with Gasteiger partial charge >= 0.3 is 5.97 Å². The van der Waals surface area contributed by atoms with Gasteiger partial charge in [0.25, 0.3) is 5.69 Å². The van der Waals surface area contributed by atoms with E-state index in [0.29, 0.717) is 12.8 Å². The van der Waals surface area contributed by atoms with E-state index in [-0.39, 0.29) is 23.1 Å². The first kappa shape index (κ1) is 14.3. The second-order valence-corrected chi connectivity index (χ2v) is 3.58. The monoisotopic (exact) mass is 266 g/mol. The number of nitro benzene ring substituents is 1. The summed E-state index contributed by atoms with van der Waals surface area (Å²) >= 11 is 0. The molecule has 1 aliphatic heterocycles. The number of non-ortho nitro benzene ring substituents is 1. The fourth-order valence-corrected chi connectivity index (χ4v) is 1.26. The molecule has 1 aromatic carbocycles. The van der Waals surface area contributed by atoms with Crippen LogP contribution in [0, 0.1) is 10.1 Å². The van der Waals surface area contributed by atoms with Crippen molar-refractivity contribution in [3.05, 3.63) is 39.9 Å². The Balaban J connectivity index is 0.000000218. The molecule has 100 valence electrons. The smallest absolute Gasteiger partial charge is 0.335 e. The number of rotatable bonds is 2. The maximum atomic E-state index is 10.4. The van der Waals surface area contributed by atoms with Crippen LogP contribution in [0.4, 0.5) is 5.69 Å². The van der Waals surface area contributed by atoms with Gasteiger partial charge in [-0.1, -0.05) is 6.07 Å². The Hall–Kier alpha value is -2.77. The lowest BCUT2D eigenvalue weighted by Gasteiger charge is -1.92. The van der Waals surface area contributed by atoms with Crippen LogP contribution in [0.3, 0.4) is 0 Å². The molecule has 1 saturated heterocycles. The zero-order valence-corrected chi connectivity index (χ0v) is 9.66. The molecule has 0 aromatic heterocycles. The Morgan fingerprint density at radius 3 is 2.21 bits per heavy atom. The van der Waals surface area contributed by atoms with Crippen molar-refractivity contribution in [2.45, 2.75) is 12.8 Å². The Kier molecular flexibility index (Phi) is 4.69. The molecule has 0 unspecified atom stereocenters. The topological polar surface area (TPSA) is 127 Å². The molecule has 2 amide bonds. The average molecular weight is 266 g/mol. The molecule has 0 atom stereocenters. The summed E-state index contributed by atoms with van der Waals surface area (Å²) in [7, 11) is 0. The molecule has 0 bridgehead atoms. The van der Waals surface area contributed by atoms with Crippen LogP contribution in [-0.2, 0) is 9.59 Å². The van der Waals surface area contributed by atoms with E-state index in [2.05, 4.69) is 5.32 Å². The van der Waals surface area contributed by atoms with Crippen molar-refractivity contribution >= 4 is 23.5 Å². The van der Waals surface area contributed by atoms with Gasteiger partial charge in [-0.3, -0.25) is 25.0 Å².